The molecule has 0 atom stereocenters. The van der Waals surface area contributed by atoms with Gasteiger partial charge in [0.15, 0.2) is 11.5 Å². The molecule has 0 aromatic heterocycles. The van der Waals surface area contributed by atoms with E-state index in [2.05, 4.69) is 5.32 Å². The Morgan fingerprint density at radius 3 is 2.58 bits per heavy atom. The zero-order valence-corrected chi connectivity index (χ0v) is 11.5. The molecule has 0 saturated heterocycles. The number of nitrogens with zero attached hydrogens (tertiary/aromatic N) is 1. The maximum absolute atomic E-state index is 11.6. The quantitative estimate of drug-likeness (QED) is 0.802. The highest BCUT2D eigenvalue weighted by atomic mass is 16.5. The van der Waals surface area contributed by atoms with Gasteiger partial charge in [0, 0.05) is 20.1 Å². The van der Waals surface area contributed by atoms with Crippen LogP contribution >= 0.6 is 0 Å². The number of nitrogens with one attached hydrogen (secondary N) is 1. The maximum Gasteiger partial charge on any atom is 0.317 e. The summed E-state index contributed by atoms with van der Waals surface area (Å²) in [4.78, 5) is 13.0. The number of carbonyl (C=O) groups is 1. The fraction of sp³-hybridized carbons (Fsp3) is 0.462. The third-order valence-electron chi connectivity index (χ3n) is 2.67. The number of hydrogen-bond acceptors (Lipinski definition) is 4. The van der Waals surface area contributed by atoms with Crippen molar-refractivity contribution in [1.82, 2.24) is 10.2 Å². The third-order valence-corrected chi connectivity index (χ3v) is 2.67. The van der Waals surface area contributed by atoms with Crippen LogP contribution in [0.3, 0.4) is 0 Å². The summed E-state index contributed by atoms with van der Waals surface area (Å²) in [6.07, 6.45) is 0. The van der Waals surface area contributed by atoms with Crippen molar-refractivity contribution >= 4 is 6.03 Å². The molecular weight excluding hydrogens is 248 g/mol. The number of ether oxygens (including phenoxy) is 2. The van der Waals surface area contributed by atoms with Gasteiger partial charge in [-0.15, -0.1) is 0 Å². The minimum atomic E-state index is -0.233. The maximum atomic E-state index is 11.6. The Morgan fingerprint density at radius 1 is 1.32 bits per heavy atom. The molecule has 0 spiro atoms. The Hall–Kier alpha value is -1.95. The van der Waals surface area contributed by atoms with Crippen LogP contribution in [0.25, 0.3) is 0 Å². The monoisotopic (exact) mass is 268 g/mol. The average Bonchev–Trinajstić information content (AvgIpc) is 2.44. The van der Waals surface area contributed by atoms with Crippen molar-refractivity contribution in [2.24, 2.45) is 0 Å². The van der Waals surface area contributed by atoms with Crippen LogP contribution in [-0.2, 0) is 6.54 Å². The molecule has 0 aliphatic rings. The van der Waals surface area contributed by atoms with Gasteiger partial charge in [0.05, 0.1) is 20.8 Å². The van der Waals surface area contributed by atoms with Crippen LogP contribution in [0.5, 0.6) is 11.5 Å². The number of carbonyl (C=O) groups excluding carboxylic acids is 1. The van der Waals surface area contributed by atoms with Gasteiger partial charge in [-0.25, -0.2) is 4.79 Å². The number of hydrogen-bond donors (Lipinski definition) is 2. The van der Waals surface area contributed by atoms with Crippen molar-refractivity contribution in [3.05, 3.63) is 23.8 Å². The number of aliphatic hydroxyl groups is 1. The zero-order chi connectivity index (χ0) is 14.3. The van der Waals surface area contributed by atoms with Crippen LogP contribution in [0.2, 0.25) is 0 Å². The van der Waals surface area contributed by atoms with E-state index in [4.69, 9.17) is 14.6 Å². The molecule has 0 heterocycles. The molecule has 1 aromatic rings. The van der Waals surface area contributed by atoms with E-state index in [1.54, 1.807) is 27.3 Å². The first-order chi connectivity index (χ1) is 9.12. The van der Waals surface area contributed by atoms with Gasteiger partial charge < -0.3 is 24.8 Å². The smallest absolute Gasteiger partial charge is 0.317 e. The predicted octanol–water partition coefficient (Wildman–Crippen LogP) is 0.837. The van der Waals surface area contributed by atoms with Crippen molar-refractivity contribution in [2.75, 3.05) is 34.4 Å². The SMILES string of the molecule is COc1ccc(CNC(=O)N(C)CCO)cc1OC. The summed E-state index contributed by atoms with van der Waals surface area (Å²) in [6, 6.07) is 5.22. The van der Waals surface area contributed by atoms with Gasteiger partial charge in [-0.3, -0.25) is 0 Å². The van der Waals surface area contributed by atoms with Crippen molar-refractivity contribution < 1.29 is 19.4 Å². The lowest BCUT2D eigenvalue weighted by atomic mass is 10.2. The predicted molar refractivity (Wildman–Crippen MR) is 71.5 cm³/mol. The molecule has 0 bridgehead atoms. The Morgan fingerprint density at radius 2 is 2.00 bits per heavy atom. The normalized spacial score (nSPS) is 9.89. The van der Waals surface area contributed by atoms with Crippen LogP contribution in [0.1, 0.15) is 5.56 Å². The zero-order valence-electron chi connectivity index (χ0n) is 11.5. The standard InChI is InChI=1S/C13H20N2O4/c1-15(6-7-16)13(17)14-9-10-4-5-11(18-2)12(8-10)19-3/h4-5,8,16H,6-7,9H2,1-3H3,(H,14,17). The van der Waals surface area contributed by atoms with Crippen LogP contribution in [0.4, 0.5) is 4.79 Å². The average molecular weight is 268 g/mol. The Kier molecular flexibility index (Phi) is 5.95. The van der Waals surface area contributed by atoms with E-state index in [1.807, 2.05) is 12.1 Å². The Balaban J connectivity index is 2.60. The van der Waals surface area contributed by atoms with E-state index in [9.17, 15) is 4.79 Å². The molecule has 1 aromatic carbocycles. The highest BCUT2D eigenvalue weighted by Gasteiger charge is 2.08. The van der Waals surface area contributed by atoms with Crippen LogP contribution in [-0.4, -0.2) is 50.5 Å². The largest absolute Gasteiger partial charge is 0.493 e. The van der Waals surface area contributed by atoms with E-state index in [1.165, 1.54) is 4.90 Å². The molecule has 1 rings (SSSR count). The Bertz CT molecular complexity index is 423. The summed E-state index contributed by atoms with van der Waals surface area (Å²) in [5, 5.41) is 11.5. The molecule has 0 radical (unpaired) electrons. The number of amides is 2. The molecule has 0 fully saturated rings. The number of methoxy groups -OCH3 is 2. The fourth-order valence-electron chi connectivity index (χ4n) is 1.55. The van der Waals surface area contributed by atoms with Crippen molar-refractivity contribution in [1.29, 1.82) is 0 Å². The van der Waals surface area contributed by atoms with Crippen molar-refractivity contribution in [3.63, 3.8) is 0 Å². The molecule has 0 aliphatic heterocycles. The minimum Gasteiger partial charge on any atom is -0.493 e. The van der Waals surface area contributed by atoms with Gasteiger partial charge in [-0.1, -0.05) is 6.07 Å². The van der Waals surface area contributed by atoms with E-state index in [0.29, 0.717) is 24.6 Å². The molecule has 6 heteroatoms. The summed E-state index contributed by atoms with van der Waals surface area (Å²) >= 11 is 0. The molecule has 6 nitrogen and oxygen atoms in total. The second kappa shape index (κ2) is 7.48. The second-order valence-electron chi connectivity index (χ2n) is 3.99. The van der Waals surface area contributed by atoms with Gasteiger partial charge in [-0.05, 0) is 17.7 Å². The van der Waals surface area contributed by atoms with Gasteiger partial charge >= 0.3 is 6.03 Å². The van der Waals surface area contributed by atoms with Crippen molar-refractivity contribution in [3.8, 4) is 11.5 Å². The lowest BCUT2D eigenvalue weighted by molar-refractivity contribution is 0.190. The highest BCUT2D eigenvalue weighted by Crippen LogP contribution is 2.27. The van der Waals surface area contributed by atoms with Gasteiger partial charge in [-0.2, -0.15) is 0 Å². The molecule has 2 amide bonds. The summed E-state index contributed by atoms with van der Waals surface area (Å²) < 4.78 is 10.3. The Labute approximate surface area is 112 Å². The summed E-state index contributed by atoms with van der Waals surface area (Å²) in [6.45, 7) is 0.632. The first kappa shape index (κ1) is 15.1. The van der Waals surface area contributed by atoms with Crippen LogP contribution in [0, 0.1) is 0 Å². The minimum absolute atomic E-state index is 0.0553. The summed E-state index contributed by atoms with van der Waals surface area (Å²) in [5.41, 5.74) is 0.906. The highest BCUT2D eigenvalue weighted by molar-refractivity contribution is 5.73. The van der Waals surface area contributed by atoms with Gasteiger partial charge in [0.1, 0.15) is 0 Å². The number of aliphatic hydroxyl groups excluding tert-OH is 1. The number of rotatable bonds is 6. The number of benzene rings is 1. The van der Waals surface area contributed by atoms with Gasteiger partial charge in [0.2, 0.25) is 0 Å². The lowest BCUT2D eigenvalue weighted by Crippen LogP contribution is -2.38. The third kappa shape index (κ3) is 4.33. The second-order valence-corrected chi connectivity index (χ2v) is 3.99. The molecular formula is C13H20N2O4. The van der Waals surface area contributed by atoms with E-state index in [-0.39, 0.29) is 12.6 Å². The van der Waals surface area contributed by atoms with Gasteiger partial charge in [0.25, 0.3) is 0 Å². The summed E-state index contributed by atoms with van der Waals surface area (Å²) in [7, 11) is 4.76. The van der Waals surface area contributed by atoms with Crippen LogP contribution in [0.15, 0.2) is 18.2 Å². The number of likely N-dealkylation sites (N-methyl/N-ethyl adjacent to an activating group) is 1. The molecule has 106 valence electrons. The van der Waals surface area contributed by atoms with E-state index >= 15 is 0 Å². The fourth-order valence-corrected chi connectivity index (χ4v) is 1.55. The molecule has 0 saturated carbocycles. The molecule has 0 unspecified atom stereocenters. The summed E-state index contributed by atoms with van der Waals surface area (Å²) in [5.74, 6) is 1.27. The lowest BCUT2D eigenvalue weighted by Gasteiger charge is -2.17. The first-order valence-electron chi connectivity index (χ1n) is 5.93. The van der Waals surface area contributed by atoms with E-state index in [0.717, 1.165) is 5.56 Å². The van der Waals surface area contributed by atoms with E-state index < -0.39 is 0 Å². The van der Waals surface area contributed by atoms with Crippen LogP contribution < -0.4 is 14.8 Å². The van der Waals surface area contributed by atoms with Crippen molar-refractivity contribution in [2.45, 2.75) is 6.54 Å². The molecule has 2 N–H and O–H groups in total. The number of urea groups is 1. The molecule has 0 aliphatic carbocycles. The topological polar surface area (TPSA) is 71.0 Å². The first-order valence-corrected chi connectivity index (χ1v) is 5.93. The molecule has 19 heavy (non-hydrogen) atoms.